The molecule has 0 radical (unpaired) electrons. The van der Waals surface area contributed by atoms with Crippen LogP contribution in [0.3, 0.4) is 0 Å². The normalized spacial score (nSPS) is 14.3. The van der Waals surface area contributed by atoms with Gasteiger partial charge in [0, 0.05) is 43.1 Å². The van der Waals surface area contributed by atoms with Crippen molar-refractivity contribution in [3.8, 4) is 0 Å². The molecule has 0 unspecified atom stereocenters. The van der Waals surface area contributed by atoms with Gasteiger partial charge in [0.15, 0.2) is 0 Å². The van der Waals surface area contributed by atoms with E-state index in [1.54, 1.807) is 0 Å². The topological polar surface area (TPSA) is 79.4 Å². The number of aryl methyl sites for hydroxylation is 1. The molecular weight excluding hydrogens is 306 g/mol. The van der Waals surface area contributed by atoms with Gasteiger partial charge in [0.25, 0.3) is 0 Å². The van der Waals surface area contributed by atoms with Crippen LogP contribution in [0.25, 0.3) is 0 Å². The number of nitrogens with one attached hydrogen (secondary N) is 2. The molecule has 0 aliphatic carbocycles. The van der Waals surface area contributed by atoms with Crippen molar-refractivity contribution in [3.63, 3.8) is 0 Å². The Morgan fingerprint density at radius 2 is 1.79 bits per heavy atom. The van der Waals surface area contributed by atoms with Crippen LogP contribution in [0.15, 0.2) is 30.3 Å². The van der Waals surface area contributed by atoms with Crippen LogP contribution in [0.2, 0.25) is 0 Å². The zero-order valence-corrected chi connectivity index (χ0v) is 13.9. The number of anilines is 4. The Kier molecular flexibility index (Phi) is 4.90. The second-order valence-corrected chi connectivity index (χ2v) is 5.68. The largest absolute Gasteiger partial charge is 0.378 e. The maximum Gasteiger partial charge on any atom is 0.227 e. The van der Waals surface area contributed by atoms with Crippen LogP contribution >= 0.6 is 0 Å². The number of hydrogen-bond acceptors (Lipinski definition) is 6. The molecular formula is C17H21N5O2. The first-order valence-electron chi connectivity index (χ1n) is 7.93. The molecule has 2 heterocycles. The molecule has 3 rings (SSSR count). The summed E-state index contributed by atoms with van der Waals surface area (Å²) < 4.78 is 5.37. The standard InChI is InChI=1S/C17H21N5O2/c1-12-11-16(21-17(18-12)22-7-9-24-10-8-22)20-15-5-3-14(4-6-15)19-13(2)23/h3-6,11H,7-10H2,1-2H3,(H,19,23)(H,18,20,21). The first-order valence-corrected chi connectivity index (χ1v) is 7.93. The Bertz CT molecular complexity index is 711. The molecule has 0 spiro atoms. The van der Waals surface area contributed by atoms with Crippen LogP contribution in [0.5, 0.6) is 0 Å². The van der Waals surface area contributed by atoms with Crippen LogP contribution in [0.1, 0.15) is 12.6 Å². The zero-order chi connectivity index (χ0) is 16.9. The lowest BCUT2D eigenvalue weighted by atomic mass is 10.2. The Hall–Kier alpha value is -2.67. The van der Waals surface area contributed by atoms with Gasteiger partial charge in [-0.1, -0.05) is 0 Å². The summed E-state index contributed by atoms with van der Waals surface area (Å²) in [6.45, 7) is 6.44. The number of nitrogens with zero attached hydrogens (tertiary/aromatic N) is 3. The van der Waals surface area contributed by atoms with E-state index in [1.807, 2.05) is 37.3 Å². The molecule has 1 aromatic heterocycles. The first-order chi connectivity index (χ1) is 11.6. The molecule has 7 nitrogen and oxygen atoms in total. The summed E-state index contributed by atoms with van der Waals surface area (Å²) in [7, 11) is 0. The van der Waals surface area contributed by atoms with Crippen molar-refractivity contribution in [1.82, 2.24) is 9.97 Å². The highest BCUT2D eigenvalue weighted by Gasteiger charge is 2.15. The van der Waals surface area contributed by atoms with Crippen molar-refractivity contribution in [1.29, 1.82) is 0 Å². The molecule has 1 aromatic carbocycles. The van der Waals surface area contributed by atoms with Gasteiger partial charge in [0.2, 0.25) is 11.9 Å². The fourth-order valence-corrected chi connectivity index (χ4v) is 2.51. The predicted octanol–water partition coefficient (Wildman–Crippen LogP) is 2.32. The smallest absolute Gasteiger partial charge is 0.227 e. The maximum absolute atomic E-state index is 11.1. The number of morpholine rings is 1. The van der Waals surface area contributed by atoms with E-state index in [-0.39, 0.29) is 5.91 Å². The minimum atomic E-state index is -0.0858. The molecule has 1 amide bonds. The predicted molar refractivity (Wildman–Crippen MR) is 93.8 cm³/mol. The van der Waals surface area contributed by atoms with Crippen LogP contribution in [0.4, 0.5) is 23.1 Å². The van der Waals surface area contributed by atoms with Crippen LogP contribution in [-0.2, 0) is 9.53 Å². The molecule has 0 atom stereocenters. The average Bonchev–Trinajstić information content (AvgIpc) is 2.56. The van der Waals surface area contributed by atoms with Crippen molar-refractivity contribution >= 4 is 29.0 Å². The third-order valence-electron chi connectivity index (χ3n) is 3.61. The third-order valence-corrected chi connectivity index (χ3v) is 3.61. The highest BCUT2D eigenvalue weighted by Crippen LogP contribution is 2.20. The number of carbonyl (C=O) groups excluding carboxylic acids is 1. The lowest BCUT2D eigenvalue weighted by Crippen LogP contribution is -2.37. The molecule has 1 aliphatic rings. The SMILES string of the molecule is CC(=O)Nc1ccc(Nc2cc(C)nc(N3CCOCC3)n2)cc1. The summed E-state index contributed by atoms with van der Waals surface area (Å²) >= 11 is 0. The summed E-state index contributed by atoms with van der Waals surface area (Å²) in [5.41, 5.74) is 2.57. The fraction of sp³-hybridized carbons (Fsp3) is 0.353. The van der Waals surface area contributed by atoms with Gasteiger partial charge in [0.1, 0.15) is 5.82 Å². The van der Waals surface area contributed by atoms with Gasteiger partial charge >= 0.3 is 0 Å². The highest BCUT2D eigenvalue weighted by atomic mass is 16.5. The van der Waals surface area contributed by atoms with Crippen molar-refractivity contribution in [2.75, 3.05) is 41.8 Å². The molecule has 0 saturated carbocycles. The van der Waals surface area contributed by atoms with Crippen LogP contribution < -0.4 is 15.5 Å². The Balaban J connectivity index is 1.74. The lowest BCUT2D eigenvalue weighted by molar-refractivity contribution is -0.114. The Morgan fingerprint density at radius 3 is 2.46 bits per heavy atom. The summed E-state index contributed by atoms with van der Waals surface area (Å²) in [5, 5.41) is 6.03. The number of amides is 1. The average molecular weight is 327 g/mol. The quantitative estimate of drug-likeness (QED) is 0.897. The van der Waals surface area contributed by atoms with Gasteiger partial charge in [-0.2, -0.15) is 4.98 Å². The molecule has 1 saturated heterocycles. The second-order valence-electron chi connectivity index (χ2n) is 5.68. The molecule has 7 heteroatoms. The van der Waals surface area contributed by atoms with E-state index in [4.69, 9.17) is 4.74 Å². The van der Waals surface area contributed by atoms with E-state index in [0.29, 0.717) is 13.2 Å². The van der Waals surface area contributed by atoms with Gasteiger partial charge in [-0.05, 0) is 31.2 Å². The minimum Gasteiger partial charge on any atom is -0.378 e. The van der Waals surface area contributed by atoms with E-state index >= 15 is 0 Å². The van der Waals surface area contributed by atoms with E-state index in [1.165, 1.54) is 6.92 Å². The van der Waals surface area contributed by atoms with Crippen molar-refractivity contribution in [2.24, 2.45) is 0 Å². The fourth-order valence-electron chi connectivity index (χ4n) is 2.51. The molecule has 1 fully saturated rings. The second kappa shape index (κ2) is 7.27. The summed E-state index contributed by atoms with van der Waals surface area (Å²) in [5.74, 6) is 1.38. The van der Waals surface area contributed by atoms with Gasteiger partial charge in [-0.25, -0.2) is 4.98 Å². The molecule has 24 heavy (non-hydrogen) atoms. The number of hydrogen-bond donors (Lipinski definition) is 2. The van der Waals surface area contributed by atoms with Crippen LogP contribution in [-0.4, -0.2) is 42.2 Å². The van der Waals surface area contributed by atoms with Gasteiger partial charge < -0.3 is 20.3 Å². The van der Waals surface area contributed by atoms with Gasteiger partial charge in [-0.15, -0.1) is 0 Å². The van der Waals surface area contributed by atoms with Crippen molar-refractivity contribution < 1.29 is 9.53 Å². The van der Waals surface area contributed by atoms with Gasteiger partial charge in [0.05, 0.1) is 13.2 Å². The van der Waals surface area contributed by atoms with E-state index in [9.17, 15) is 4.79 Å². The van der Waals surface area contributed by atoms with Gasteiger partial charge in [-0.3, -0.25) is 4.79 Å². The number of aromatic nitrogens is 2. The first kappa shape index (κ1) is 16.2. The van der Waals surface area contributed by atoms with Crippen molar-refractivity contribution in [2.45, 2.75) is 13.8 Å². The number of carbonyl (C=O) groups is 1. The maximum atomic E-state index is 11.1. The Morgan fingerprint density at radius 1 is 1.12 bits per heavy atom. The lowest BCUT2D eigenvalue weighted by Gasteiger charge is -2.27. The van der Waals surface area contributed by atoms with E-state index in [0.717, 1.165) is 41.9 Å². The zero-order valence-electron chi connectivity index (χ0n) is 13.9. The monoisotopic (exact) mass is 327 g/mol. The minimum absolute atomic E-state index is 0.0858. The molecule has 1 aliphatic heterocycles. The third kappa shape index (κ3) is 4.20. The number of benzene rings is 1. The molecule has 2 aromatic rings. The van der Waals surface area contributed by atoms with E-state index in [2.05, 4.69) is 25.5 Å². The summed E-state index contributed by atoms with van der Waals surface area (Å²) in [6.07, 6.45) is 0. The molecule has 2 N–H and O–H groups in total. The number of rotatable bonds is 4. The molecule has 0 bridgehead atoms. The van der Waals surface area contributed by atoms with Crippen molar-refractivity contribution in [3.05, 3.63) is 36.0 Å². The summed E-state index contributed by atoms with van der Waals surface area (Å²) in [6, 6.07) is 9.40. The highest BCUT2D eigenvalue weighted by molar-refractivity contribution is 5.88. The number of ether oxygens (including phenoxy) is 1. The summed E-state index contributed by atoms with van der Waals surface area (Å²) in [4.78, 5) is 22.3. The molecule has 126 valence electrons. The Labute approximate surface area is 141 Å². The van der Waals surface area contributed by atoms with Crippen LogP contribution in [0, 0.1) is 6.92 Å². The van der Waals surface area contributed by atoms with E-state index < -0.39 is 0 Å².